The predicted octanol–water partition coefficient (Wildman–Crippen LogP) is 3.49. The summed E-state index contributed by atoms with van der Waals surface area (Å²) in [7, 11) is 0. The quantitative estimate of drug-likeness (QED) is 0.511. The molecule has 1 aromatic carbocycles. The van der Waals surface area contributed by atoms with Gasteiger partial charge in [-0.15, -0.1) is 11.8 Å². The molecule has 0 saturated heterocycles. The standard InChI is InChI=1S/C10H13NS/c1-9(2)12-8-11-10-6-4-3-5-7-10/h3-9H,1-2H3. The van der Waals surface area contributed by atoms with Crippen LogP contribution in [0.5, 0.6) is 0 Å². The molecule has 12 heavy (non-hydrogen) atoms. The minimum Gasteiger partial charge on any atom is -0.250 e. The number of aliphatic imine (C=N–C) groups is 1. The van der Waals surface area contributed by atoms with Crippen molar-refractivity contribution in [1.82, 2.24) is 0 Å². The topological polar surface area (TPSA) is 12.4 Å². The van der Waals surface area contributed by atoms with Crippen LogP contribution in [-0.4, -0.2) is 10.8 Å². The Morgan fingerprint density at radius 2 is 1.92 bits per heavy atom. The van der Waals surface area contributed by atoms with E-state index in [0.717, 1.165) is 5.69 Å². The molecule has 0 unspecified atom stereocenters. The number of rotatable bonds is 3. The van der Waals surface area contributed by atoms with Crippen molar-refractivity contribution in [2.75, 3.05) is 0 Å². The second-order valence-corrected chi connectivity index (χ2v) is 4.18. The maximum absolute atomic E-state index is 4.28. The SMILES string of the molecule is CC(C)SC=Nc1ccccc1. The Hall–Kier alpha value is -0.760. The van der Waals surface area contributed by atoms with E-state index in [4.69, 9.17) is 0 Å². The molecule has 0 aliphatic heterocycles. The number of thioether (sulfide) groups is 1. The Morgan fingerprint density at radius 3 is 2.50 bits per heavy atom. The molecule has 0 saturated carbocycles. The largest absolute Gasteiger partial charge is 0.250 e. The first-order valence-electron chi connectivity index (χ1n) is 4.02. The van der Waals surface area contributed by atoms with E-state index in [9.17, 15) is 0 Å². The highest BCUT2D eigenvalue weighted by Crippen LogP contribution is 2.12. The molecule has 1 nitrogen and oxygen atoms in total. The van der Waals surface area contributed by atoms with Crippen LogP contribution in [0.3, 0.4) is 0 Å². The maximum atomic E-state index is 4.28. The van der Waals surface area contributed by atoms with Crippen molar-refractivity contribution in [2.24, 2.45) is 4.99 Å². The van der Waals surface area contributed by atoms with E-state index in [-0.39, 0.29) is 0 Å². The molecule has 0 radical (unpaired) electrons. The average Bonchev–Trinajstić information content (AvgIpc) is 2.05. The fourth-order valence-electron chi connectivity index (χ4n) is 0.727. The van der Waals surface area contributed by atoms with Crippen molar-refractivity contribution in [3.8, 4) is 0 Å². The number of hydrogen-bond acceptors (Lipinski definition) is 2. The van der Waals surface area contributed by atoms with Gasteiger partial charge in [0.2, 0.25) is 0 Å². The van der Waals surface area contributed by atoms with Crippen molar-refractivity contribution in [3.63, 3.8) is 0 Å². The molecule has 1 rings (SSSR count). The van der Waals surface area contributed by atoms with E-state index in [1.54, 1.807) is 11.8 Å². The first-order chi connectivity index (χ1) is 5.79. The molecule has 0 amide bonds. The molecule has 0 aliphatic rings. The number of nitrogens with zero attached hydrogens (tertiary/aromatic N) is 1. The molecule has 0 fully saturated rings. The van der Waals surface area contributed by atoms with Gasteiger partial charge in [0, 0.05) is 5.25 Å². The zero-order valence-corrected chi connectivity index (χ0v) is 8.21. The van der Waals surface area contributed by atoms with Crippen LogP contribution in [0.2, 0.25) is 0 Å². The lowest BCUT2D eigenvalue weighted by Crippen LogP contribution is -1.83. The molecule has 2 heteroatoms. The van der Waals surface area contributed by atoms with Gasteiger partial charge in [0.25, 0.3) is 0 Å². The highest BCUT2D eigenvalue weighted by atomic mass is 32.2. The first-order valence-corrected chi connectivity index (χ1v) is 4.96. The summed E-state index contributed by atoms with van der Waals surface area (Å²) in [4.78, 5) is 4.28. The van der Waals surface area contributed by atoms with Crippen molar-refractivity contribution < 1.29 is 0 Å². The molecule has 0 N–H and O–H groups in total. The zero-order chi connectivity index (χ0) is 8.81. The van der Waals surface area contributed by atoms with Gasteiger partial charge in [-0.3, -0.25) is 4.99 Å². The van der Waals surface area contributed by atoms with Gasteiger partial charge in [-0.25, -0.2) is 0 Å². The molecule has 0 heterocycles. The average molecular weight is 179 g/mol. The van der Waals surface area contributed by atoms with E-state index >= 15 is 0 Å². The summed E-state index contributed by atoms with van der Waals surface area (Å²) in [5, 5.41) is 0.609. The zero-order valence-electron chi connectivity index (χ0n) is 7.40. The van der Waals surface area contributed by atoms with Crippen molar-refractivity contribution >= 4 is 23.0 Å². The number of benzene rings is 1. The molecular formula is C10H13NS. The van der Waals surface area contributed by atoms with E-state index < -0.39 is 0 Å². The van der Waals surface area contributed by atoms with Crippen LogP contribution >= 0.6 is 11.8 Å². The van der Waals surface area contributed by atoms with E-state index in [1.165, 1.54) is 0 Å². The minimum atomic E-state index is 0.609. The molecular weight excluding hydrogens is 166 g/mol. The van der Waals surface area contributed by atoms with Gasteiger partial charge in [-0.2, -0.15) is 0 Å². The van der Waals surface area contributed by atoms with Gasteiger partial charge in [0.15, 0.2) is 0 Å². The summed E-state index contributed by atoms with van der Waals surface area (Å²) in [5.41, 5.74) is 2.92. The van der Waals surface area contributed by atoms with Crippen LogP contribution in [0.1, 0.15) is 13.8 Å². The lowest BCUT2D eigenvalue weighted by molar-refractivity contribution is 1.12. The van der Waals surface area contributed by atoms with E-state index in [0.29, 0.717) is 5.25 Å². The molecule has 0 aliphatic carbocycles. The molecule has 0 bridgehead atoms. The molecule has 0 spiro atoms. The van der Waals surface area contributed by atoms with Crippen molar-refractivity contribution in [2.45, 2.75) is 19.1 Å². The summed E-state index contributed by atoms with van der Waals surface area (Å²) >= 11 is 1.73. The molecule has 0 atom stereocenters. The van der Waals surface area contributed by atoms with Crippen molar-refractivity contribution in [1.29, 1.82) is 0 Å². The summed E-state index contributed by atoms with van der Waals surface area (Å²) in [5.74, 6) is 0. The smallest absolute Gasteiger partial charge is 0.0635 e. The number of hydrogen-bond donors (Lipinski definition) is 0. The second kappa shape index (κ2) is 4.99. The summed E-state index contributed by atoms with van der Waals surface area (Å²) in [6.45, 7) is 4.31. The van der Waals surface area contributed by atoms with Crippen LogP contribution in [0, 0.1) is 0 Å². The van der Waals surface area contributed by atoms with Gasteiger partial charge in [-0.05, 0) is 12.1 Å². The Balaban J connectivity index is 2.47. The van der Waals surface area contributed by atoms with Gasteiger partial charge in [0.05, 0.1) is 11.2 Å². The third-order valence-corrected chi connectivity index (χ3v) is 2.06. The normalized spacial score (nSPS) is 11.2. The Labute approximate surface area is 77.9 Å². The second-order valence-electron chi connectivity index (χ2n) is 2.75. The van der Waals surface area contributed by atoms with E-state index in [2.05, 4.69) is 18.8 Å². The lowest BCUT2D eigenvalue weighted by Gasteiger charge is -1.95. The Kier molecular flexibility index (Phi) is 3.88. The highest BCUT2D eigenvalue weighted by Gasteiger charge is 1.88. The fourth-order valence-corrected chi connectivity index (χ4v) is 1.15. The summed E-state index contributed by atoms with van der Waals surface area (Å²) < 4.78 is 0. The Bertz CT molecular complexity index is 241. The lowest BCUT2D eigenvalue weighted by atomic mass is 10.3. The van der Waals surface area contributed by atoms with E-state index in [1.807, 2.05) is 35.9 Å². The van der Waals surface area contributed by atoms with Crippen LogP contribution in [-0.2, 0) is 0 Å². The van der Waals surface area contributed by atoms with Gasteiger partial charge in [-0.1, -0.05) is 32.0 Å². The molecule has 1 aromatic rings. The molecule has 0 aromatic heterocycles. The summed E-state index contributed by atoms with van der Waals surface area (Å²) in [6.07, 6.45) is 0. The van der Waals surface area contributed by atoms with Crippen LogP contribution in [0.25, 0.3) is 0 Å². The van der Waals surface area contributed by atoms with Crippen molar-refractivity contribution in [3.05, 3.63) is 30.3 Å². The number of para-hydroxylation sites is 1. The van der Waals surface area contributed by atoms with Gasteiger partial charge in [0.1, 0.15) is 0 Å². The van der Waals surface area contributed by atoms with Crippen LogP contribution in [0.15, 0.2) is 35.3 Å². The maximum Gasteiger partial charge on any atom is 0.0635 e. The third kappa shape index (κ3) is 3.58. The van der Waals surface area contributed by atoms with Gasteiger partial charge < -0.3 is 0 Å². The Morgan fingerprint density at radius 1 is 1.25 bits per heavy atom. The van der Waals surface area contributed by atoms with Crippen LogP contribution in [0.4, 0.5) is 5.69 Å². The predicted molar refractivity (Wildman–Crippen MR) is 57.3 cm³/mol. The van der Waals surface area contributed by atoms with Crippen LogP contribution < -0.4 is 0 Å². The minimum absolute atomic E-state index is 0.609. The van der Waals surface area contributed by atoms with Gasteiger partial charge >= 0.3 is 0 Å². The fraction of sp³-hybridized carbons (Fsp3) is 0.300. The monoisotopic (exact) mass is 179 g/mol. The third-order valence-electron chi connectivity index (χ3n) is 1.29. The first kappa shape index (κ1) is 9.33. The summed E-state index contributed by atoms with van der Waals surface area (Å²) in [6, 6.07) is 9.98. The highest BCUT2D eigenvalue weighted by molar-refractivity contribution is 8.12. The molecule has 64 valence electrons.